The third-order valence-corrected chi connectivity index (χ3v) is 4.37. The molecule has 0 unspecified atom stereocenters. The maximum atomic E-state index is 12.3. The molecule has 1 aromatic carbocycles. The summed E-state index contributed by atoms with van der Waals surface area (Å²) in [5.74, 6) is 0.484. The van der Waals surface area contributed by atoms with E-state index < -0.39 is 15.7 Å². The van der Waals surface area contributed by atoms with Crippen LogP contribution >= 0.6 is 0 Å². The molecule has 7 nitrogen and oxygen atoms in total. The lowest BCUT2D eigenvalue weighted by atomic mass is 10.2. The van der Waals surface area contributed by atoms with E-state index in [1.165, 1.54) is 24.4 Å². The van der Waals surface area contributed by atoms with Gasteiger partial charge in [-0.05, 0) is 30.3 Å². The summed E-state index contributed by atoms with van der Waals surface area (Å²) in [5.41, 5.74) is 0.893. The summed E-state index contributed by atoms with van der Waals surface area (Å²) in [6.45, 7) is 0. The molecular formula is C16H14N4O3S. The van der Waals surface area contributed by atoms with Crippen LogP contribution in [0.1, 0.15) is 10.4 Å². The van der Waals surface area contributed by atoms with Crippen molar-refractivity contribution in [3.8, 4) is 11.5 Å². The van der Waals surface area contributed by atoms with E-state index in [0.717, 1.165) is 6.26 Å². The molecule has 0 spiro atoms. The summed E-state index contributed by atoms with van der Waals surface area (Å²) < 4.78 is 23.1. The van der Waals surface area contributed by atoms with Crippen LogP contribution in [0.25, 0.3) is 11.5 Å². The number of nitrogens with zero attached hydrogens (tertiary/aromatic N) is 2. The number of aromatic nitrogens is 3. The molecule has 3 rings (SSSR count). The molecule has 0 aliphatic heterocycles. The summed E-state index contributed by atoms with van der Waals surface area (Å²) >= 11 is 0. The maximum absolute atomic E-state index is 12.3. The first-order valence-electron chi connectivity index (χ1n) is 7.01. The molecule has 122 valence electrons. The van der Waals surface area contributed by atoms with Gasteiger partial charge in [-0.1, -0.05) is 12.1 Å². The number of hydrogen-bond donors (Lipinski definition) is 2. The van der Waals surface area contributed by atoms with Crippen LogP contribution in [0.5, 0.6) is 0 Å². The van der Waals surface area contributed by atoms with Gasteiger partial charge in [0.2, 0.25) is 0 Å². The first-order valence-corrected chi connectivity index (χ1v) is 8.90. The van der Waals surface area contributed by atoms with Crippen LogP contribution in [0, 0.1) is 0 Å². The van der Waals surface area contributed by atoms with E-state index >= 15 is 0 Å². The van der Waals surface area contributed by atoms with E-state index in [9.17, 15) is 13.2 Å². The second-order valence-corrected chi connectivity index (χ2v) is 7.13. The highest BCUT2D eigenvalue weighted by molar-refractivity contribution is 7.90. The van der Waals surface area contributed by atoms with Gasteiger partial charge in [0, 0.05) is 18.0 Å². The number of anilines is 1. The average Bonchev–Trinajstić information content (AvgIpc) is 3.03. The first kappa shape index (κ1) is 15.9. The average molecular weight is 342 g/mol. The van der Waals surface area contributed by atoms with E-state index in [1.807, 2.05) is 6.07 Å². The number of carbonyl (C=O) groups excluding carboxylic acids is 1. The monoisotopic (exact) mass is 342 g/mol. The van der Waals surface area contributed by atoms with Crippen LogP contribution < -0.4 is 5.32 Å². The molecule has 0 bridgehead atoms. The Morgan fingerprint density at radius 3 is 2.67 bits per heavy atom. The molecule has 0 saturated heterocycles. The van der Waals surface area contributed by atoms with E-state index in [4.69, 9.17) is 0 Å². The standard InChI is InChI=1S/C16H14N4O3S/c1-24(22,23)12-6-4-5-11(9-12)16(21)20-14-10-18-15(19-14)13-7-2-3-8-17-13/h2-10H,1H3,(H,18,19)(H,20,21). The zero-order chi connectivity index (χ0) is 17.2. The molecule has 0 radical (unpaired) electrons. The third-order valence-electron chi connectivity index (χ3n) is 3.26. The van der Waals surface area contributed by atoms with Crippen LogP contribution in [0.2, 0.25) is 0 Å². The number of amides is 1. The van der Waals surface area contributed by atoms with Gasteiger partial charge in [-0.2, -0.15) is 0 Å². The lowest BCUT2D eigenvalue weighted by Crippen LogP contribution is -2.13. The number of nitrogens with one attached hydrogen (secondary N) is 2. The number of pyridine rings is 1. The number of H-pyrrole nitrogens is 1. The van der Waals surface area contributed by atoms with Crippen molar-refractivity contribution in [2.24, 2.45) is 0 Å². The van der Waals surface area contributed by atoms with Crippen molar-refractivity contribution >= 4 is 21.6 Å². The van der Waals surface area contributed by atoms with E-state index in [2.05, 4.69) is 20.3 Å². The molecule has 2 N–H and O–H groups in total. The molecule has 3 aromatic rings. The van der Waals surface area contributed by atoms with Crippen LogP contribution in [-0.4, -0.2) is 35.5 Å². The highest BCUT2D eigenvalue weighted by Gasteiger charge is 2.13. The molecule has 2 heterocycles. The zero-order valence-corrected chi connectivity index (χ0v) is 13.5. The Labute approximate surface area is 138 Å². The fraction of sp³-hybridized carbons (Fsp3) is 0.0625. The van der Waals surface area contributed by atoms with Gasteiger partial charge in [-0.25, -0.2) is 13.4 Å². The molecule has 8 heteroatoms. The summed E-state index contributed by atoms with van der Waals surface area (Å²) in [7, 11) is -3.37. The Balaban J connectivity index is 1.80. The van der Waals surface area contributed by atoms with Gasteiger partial charge in [0.05, 0.1) is 11.1 Å². The Morgan fingerprint density at radius 2 is 1.96 bits per heavy atom. The number of benzene rings is 1. The summed E-state index contributed by atoms with van der Waals surface area (Å²) in [6.07, 6.45) is 4.22. The Bertz CT molecular complexity index is 981. The van der Waals surface area contributed by atoms with Crippen LogP contribution in [-0.2, 0) is 9.84 Å². The summed E-state index contributed by atoms with van der Waals surface area (Å²) in [6, 6.07) is 11.3. The van der Waals surface area contributed by atoms with Gasteiger partial charge >= 0.3 is 0 Å². The zero-order valence-electron chi connectivity index (χ0n) is 12.7. The second-order valence-electron chi connectivity index (χ2n) is 5.11. The minimum Gasteiger partial charge on any atom is -0.323 e. The number of carbonyl (C=O) groups is 1. The molecule has 0 fully saturated rings. The van der Waals surface area contributed by atoms with Crippen molar-refractivity contribution in [3.05, 3.63) is 60.4 Å². The van der Waals surface area contributed by atoms with Crippen molar-refractivity contribution < 1.29 is 13.2 Å². The van der Waals surface area contributed by atoms with E-state index in [1.54, 1.807) is 24.4 Å². The van der Waals surface area contributed by atoms with Crippen LogP contribution in [0.15, 0.2) is 59.8 Å². The molecule has 2 aromatic heterocycles. The maximum Gasteiger partial charge on any atom is 0.256 e. The number of aromatic amines is 1. The molecule has 1 amide bonds. The minimum atomic E-state index is -3.37. The van der Waals surface area contributed by atoms with E-state index in [-0.39, 0.29) is 10.5 Å². The normalized spacial score (nSPS) is 11.2. The summed E-state index contributed by atoms with van der Waals surface area (Å²) in [4.78, 5) is 23.6. The predicted octanol–water partition coefficient (Wildman–Crippen LogP) is 2.13. The Hall–Kier alpha value is -3.00. The summed E-state index contributed by atoms with van der Waals surface area (Å²) in [5, 5.41) is 2.65. The second kappa shape index (κ2) is 6.25. The number of rotatable bonds is 4. The van der Waals surface area contributed by atoms with Crippen molar-refractivity contribution in [2.75, 3.05) is 11.6 Å². The highest BCUT2D eigenvalue weighted by atomic mass is 32.2. The smallest absolute Gasteiger partial charge is 0.256 e. The van der Waals surface area contributed by atoms with Gasteiger partial charge in [-0.15, -0.1) is 0 Å². The molecular weight excluding hydrogens is 328 g/mol. The lowest BCUT2D eigenvalue weighted by Gasteiger charge is -2.04. The first-order chi connectivity index (χ1) is 11.4. The minimum absolute atomic E-state index is 0.0916. The van der Waals surface area contributed by atoms with Gasteiger partial charge in [0.15, 0.2) is 15.7 Å². The van der Waals surface area contributed by atoms with Gasteiger partial charge < -0.3 is 10.3 Å². The molecule has 0 saturated carbocycles. The molecule has 0 aliphatic carbocycles. The molecule has 0 atom stereocenters. The SMILES string of the molecule is CS(=O)(=O)c1cccc(C(=O)Nc2cnc(-c3ccccn3)[nH]2)c1. The fourth-order valence-corrected chi connectivity index (χ4v) is 2.75. The lowest BCUT2D eigenvalue weighted by molar-refractivity contribution is 0.102. The van der Waals surface area contributed by atoms with Gasteiger partial charge in [-0.3, -0.25) is 9.78 Å². The van der Waals surface area contributed by atoms with E-state index in [0.29, 0.717) is 17.3 Å². The van der Waals surface area contributed by atoms with Crippen molar-refractivity contribution in [3.63, 3.8) is 0 Å². The van der Waals surface area contributed by atoms with Crippen molar-refractivity contribution in [1.82, 2.24) is 15.0 Å². The molecule has 0 aliphatic rings. The van der Waals surface area contributed by atoms with Crippen molar-refractivity contribution in [1.29, 1.82) is 0 Å². The third kappa shape index (κ3) is 3.49. The fourth-order valence-electron chi connectivity index (χ4n) is 2.08. The quantitative estimate of drug-likeness (QED) is 0.756. The van der Waals surface area contributed by atoms with Crippen LogP contribution in [0.3, 0.4) is 0 Å². The van der Waals surface area contributed by atoms with Gasteiger partial charge in [0.1, 0.15) is 11.5 Å². The topological polar surface area (TPSA) is 105 Å². The Morgan fingerprint density at radius 1 is 1.12 bits per heavy atom. The molecule has 24 heavy (non-hydrogen) atoms. The largest absolute Gasteiger partial charge is 0.323 e. The highest BCUT2D eigenvalue weighted by Crippen LogP contribution is 2.16. The number of imidazole rings is 1. The van der Waals surface area contributed by atoms with Gasteiger partial charge in [0.25, 0.3) is 5.91 Å². The van der Waals surface area contributed by atoms with Crippen molar-refractivity contribution in [2.45, 2.75) is 4.90 Å². The number of hydrogen-bond acceptors (Lipinski definition) is 5. The Kier molecular flexibility index (Phi) is 4.13. The number of sulfone groups is 1. The predicted molar refractivity (Wildman–Crippen MR) is 89.3 cm³/mol. The van der Waals surface area contributed by atoms with Crippen LogP contribution in [0.4, 0.5) is 5.82 Å².